The Labute approximate surface area is 175 Å². The third kappa shape index (κ3) is 3.29. The molecule has 0 bridgehead atoms. The van der Waals surface area contributed by atoms with Crippen molar-refractivity contribution < 1.29 is 28.4 Å². The number of nitro groups is 1. The van der Waals surface area contributed by atoms with Crippen LogP contribution >= 0.6 is 0 Å². The van der Waals surface area contributed by atoms with Gasteiger partial charge in [-0.2, -0.15) is 0 Å². The minimum absolute atomic E-state index is 0.0722. The van der Waals surface area contributed by atoms with E-state index in [1.807, 2.05) is 0 Å². The Hall–Kier alpha value is -3.50. The molecule has 1 aromatic carbocycles. The van der Waals surface area contributed by atoms with Crippen LogP contribution in [-0.4, -0.2) is 48.2 Å². The van der Waals surface area contributed by atoms with Crippen LogP contribution in [0.25, 0.3) is 10.9 Å². The standard InChI is InChI=1S/C20H20FN3O7/c1-30-19(26)12-9-23(10-5-6-10)15-11(18(12)25)8-13(21)16(17(15)24(28)29)22-7-3-4-14(22)20(27)31-2/h8-10,14H,3-7H2,1-2H3/t14-/m0/s1. The van der Waals surface area contributed by atoms with Gasteiger partial charge in [0.05, 0.1) is 24.5 Å². The number of benzene rings is 1. The molecular formula is C20H20FN3O7. The Kier molecular flexibility index (Phi) is 5.11. The van der Waals surface area contributed by atoms with E-state index >= 15 is 4.39 Å². The van der Waals surface area contributed by atoms with Gasteiger partial charge in [0, 0.05) is 18.8 Å². The first-order valence-electron chi connectivity index (χ1n) is 9.78. The van der Waals surface area contributed by atoms with Crippen LogP contribution in [0.3, 0.4) is 0 Å². The number of carbonyl (C=O) groups excluding carboxylic acids is 2. The van der Waals surface area contributed by atoms with Crippen molar-refractivity contribution in [3.05, 3.63) is 44.0 Å². The van der Waals surface area contributed by atoms with Crippen LogP contribution < -0.4 is 10.3 Å². The van der Waals surface area contributed by atoms with E-state index in [-0.39, 0.29) is 34.7 Å². The Morgan fingerprint density at radius 1 is 1.23 bits per heavy atom. The van der Waals surface area contributed by atoms with Gasteiger partial charge in [0.1, 0.15) is 17.1 Å². The number of fused-ring (bicyclic) bond motifs is 1. The molecule has 1 saturated carbocycles. The molecule has 1 aliphatic carbocycles. The van der Waals surface area contributed by atoms with E-state index in [2.05, 4.69) is 4.74 Å². The van der Waals surface area contributed by atoms with Crippen LogP contribution in [0.5, 0.6) is 0 Å². The maximum absolute atomic E-state index is 15.3. The Balaban J connectivity index is 2.07. The highest BCUT2D eigenvalue weighted by Crippen LogP contribution is 2.44. The second-order valence-corrected chi connectivity index (χ2v) is 7.59. The molecule has 1 saturated heterocycles. The first kappa shape index (κ1) is 20.8. The number of methoxy groups -OCH3 is 2. The van der Waals surface area contributed by atoms with Crippen molar-refractivity contribution in [2.45, 2.75) is 37.8 Å². The van der Waals surface area contributed by atoms with Gasteiger partial charge in [0.25, 0.3) is 0 Å². The molecule has 1 aliphatic heterocycles. The van der Waals surface area contributed by atoms with Gasteiger partial charge in [-0.05, 0) is 31.7 Å². The summed E-state index contributed by atoms with van der Waals surface area (Å²) >= 11 is 0. The third-order valence-corrected chi connectivity index (χ3v) is 5.76. The van der Waals surface area contributed by atoms with Gasteiger partial charge >= 0.3 is 17.6 Å². The van der Waals surface area contributed by atoms with Crippen LogP contribution in [0.2, 0.25) is 0 Å². The zero-order valence-corrected chi connectivity index (χ0v) is 16.9. The number of halogens is 1. The normalized spacial score (nSPS) is 18.3. The number of esters is 2. The zero-order valence-electron chi connectivity index (χ0n) is 16.9. The van der Waals surface area contributed by atoms with E-state index in [4.69, 9.17) is 4.74 Å². The predicted octanol–water partition coefficient (Wildman–Crippen LogP) is 2.31. The Morgan fingerprint density at radius 3 is 2.52 bits per heavy atom. The van der Waals surface area contributed by atoms with Gasteiger partial charge in [-0.25, -0.2) is 14.0 Å². The summed E-state index contributed by atoms with van der Waals surface area (Å²) in [4.78, 5) is 49.9. The van der Waals surface area contributed by atoms with Gasteiger partial charge in [0.2, 0.25) is 5.43 Å². The van der Waals surface area contributed by atoms with Crippen molar-refractivity contribution in [2.75, 3.05) is 25.7 Å². The summed E-state index contributed by atoms with van der Waals surface area (Å²) in [5.41, 5.74) is -2.21. The molecule has 2 aliphatic rings. The molecule has 1 atom stereocenters. The molecule has 11 heteroatoms. The molecule has 0 N–H and O–H groups in total. The van der Waals surface area contributed by atoms with E-state index in [9.17, 15) is 24.5 Å². The summed E-state index contributed by atoms with van der Waals surface area (Å²) in [6, 6.07) is -0.137. The smallest absolute Gasteiger partial charge is 0.343 e. The van der Waals surface area contributed by atoms with Gasteiger partial charge in [-0.3, -0.25) is 14.9 Å². The predicted molar refractivity (Wildman–Crippen MR) is 107 cm³/mol. The van der Waals surface area contributed by atoms with Crippen LogP contribution in [0.1, 0.15) is 42.1 Å². The maximum Gasteiger partial charge on any atom is 0.343 e. The Morgan fingerprint density at radius 2 is 1.94 bits per heavy atom. The molecule has 1 aromatic heterocycles. The number of aromatic nitrogens is 1. The third-order valence-electron chi connectivity index (χ3n) is 5.76. The molecule has 0 unspecified atom stereocenters. The minimum Gasteiger partial charge on any atom is -0.467 e. The number of nitro benzene ring substituents is 1. The number of carbonyl (C=O) groups is 2. The monoisotopic (exact) mass is 433 g/mol. The lowest BCUT2D eigenvalue weighted by molar-refractivity contribution is -0.382. The van der Waals surface area contributed by atoms with E-state index < -0.39 is 39.8 Å². The van der Waals surface area contributed by atoms with Gasteiger partial charge in [-0.1, -0.05) is 0 Å². The van der Waals surface area contributed by atoms with Crippen molar-refractivity contribution >= 4 is 34.2 Å². The summed E-state index contributed by atoms with van der Waals surface area (Å²) in [7, 11) is 2.31. The molecule has 0 amide bonds. The van der Waals surface area contributed by atoms with Gasteiger partial charge in [-0.15, -0.1) is 0 Å². The van der Waals surface area contributed by atoms with Gasteiger partial charge < -0.3 is 18.9 Å². The average molecular weight is 433 g/mol. The van der Waals surface area contributed by atoms with Gasteiger partial charge in [0.15, 0.2) is 11.5 Å². The molecule has 2 fully saturated rings. The quantitative estimate of drug-likeness (QED) is 0.400. The lowest BCUT2D eigenvalue weighted by Crippen LogP contribution is -2.38. The van der Waals surface area contributed by atoms with E-state index in [1.165, 1.54) is 22.8 Å². The molecule has 31 heavy (non-hydrogen) atoms. The number of hydrogen-bond donors (Lipinski definition) is 0. The number of nitrogens with zero attached hydrogens (tertiary/aromatic N) is 3. The zero-order chi connectivity index (χ0) is 22.4. The highest BCUT2D eigenvalue weighted by molar-refractivity contribution is 6.00. The summed E-state index contributed by atoms with van der Waals surface area (Å²) in [6.07, 6.45) is 3.50. The lowest BCUT2D eigenvalue weighted by Gasteiger charge is -2.26. The van der Waals surface area contributed by atoms with E-state index in [1.54, 1.807) is 0 Å². The summed E-state index contributed by atoms with van der Waals surface area (Å²) in [5.74, 6) is -2.54. The SMILES string of the molecule is COC(=O)c1cn(C2CC2)c2c([N+](=O)[O-])c(N3CCC[C@H]3C(=O)OC)c(F)cc2c1=O. The summed E-state index contributed by atoms with van der Waals surface area (Å²) < 4.78 is 26.2. The molecule has 4 rings (SSSR count). The first-order valence-corrected chi connectivity index (χ1v) is 9.78. The maximum atomic E-state index is 15.3. The lowest BCUT2D eigenvalue weighted by atomic mass is 10.1. The number of pyridine rings is 1. The molecule has 0 radical (unpaired) electrons. The van der Waals surface area contributed by atoms with Crippen LogP contribution in [0, 0.1) is 15.9 Å². The second-order valence-electron chi connectivity index (χ2n) is 7.59. The van der Waals surface area contributed by atoms with E-state index in [0.29, 0.717) is 25.7 Å². The van der Waals surface area contributed by atoms with Crippen molar-refractivity contribution in [3.63, 3.8) is 0 Å². The molecule has 2 heterocycles. The topological polar surface area (TPSA) is 121 Å². The number of anilines is 1. The van der Waals surface area contributed by atoms with Crippen molar-refractivity contribution in [3.8, 4) is 0 Å². The van der Waals surface area contributed by atoms with Crippen molar-refractivity contribution in [1.82, 2.24) is 4.57 Å². The highest BCUT2D eigenvalue weighted by atomic mass is 19.1. The average Bonchev–Trinajstić information content (AvgIpc) is 3.48. The van der Waals surface area contributed by atoms with Crippen molar-refractivity contribution in [1.29, 1.82) is 0 Å². The fourth-order valence-corrected chi connectivity index (χ4v) is 4.22. The largest absolute Gasteiger partial charge is 0.467 e. The molecule has 10 nitrogen and oxygen atoms in total. The molecular weight excluding hydrogens is 413 g/mol. The minimum atomic E-state index is -1.02. The number of rotatable bonds is 5. The Bertz CT molecular complexity index is 1170. The molecule has 164 valence electrons. The van der Waals surface area contributed by atoms with Crippen molar-refractivity contribution in [2.24, 2.45) is 0 Å². The second kappa shape index (κ2) is 7.64. The highest BCUT2D eigenvalue weighted by Gasteiger charge is 2.40. The molecule has 2 aromatic rings. The van der Waals surface area contributed by atoms with Crippen LogP contribution in [0.15, 0.2) is 17.1 Å². The fourth-order valence-electron chi connectivity index (χ4n) is 4.22. The van der Waals surface area contributed by atoms with Crippen LogP contribution in [-0.2, 0) is 14.3 Å². The fraction of sp³-hybridized carbons (Fsp3) is 0.450. The number of ether oxygens (including phenoxy) is 2. The van der Waals surface area contributed by atoms with E-state index in [0.717, 1.165) is 13.2 Å². The van der Waals surface area contributed by atoms with Crippen LogP contribution in [0.4, 0.5) is 15.8 Å². The first-order chi connectivity index (χ1) is 14.8. The molecule has 0 spiro atoms. The summed E-state index contributed by atoms with van der Waals surface area (Å²) in [6.45, 7) is 0.219. The number of hydrogen-bond acceptors (Lipinski definition) is 8. The summed E-state index contributed by atoms with van der Waals surface area (Å²) in [5, 5.41) is 11.9.